The molecule has 1 saturated heterocycles. The molecular weight excluding hydrogens is 336 g/mol. The Hall–Kier alpha value is -2.20. The molecule has 1 aromatic heterocycles. The Morgan fingerprint density at radius 3 is 2.41 bits per heavy atom. The summed E-state index contributed by atoms with van der Waals surface area (Å²) in [6.45, 7) is 3.50. The zero-order valence-electron chi connectivity index (χ0n) is 16.0. The summed E-state index contributed by atoms with van der Waals surface area (Å²) in [4.78, 5) is 17.4. The molecule has 0 atom stereocenters. The fourth-order valence-corrected chi connectivity index (χ4v) is 4.22. The van der Waals surface area contributed by atoms with Crippen LogP contribution in [0.4, 0.5) is 0 Å². The third kappa shape index (κ3) is 3.91. The van der Waals surface area contributed by atoms with Gasteiger partial charge >= 0.3 is 0 Å². The lowest BCUT2D eigenvalue weighted by atomic mass is 9.72. The molecule has 4 rings (SSSR count). The second-order valence-electron chi connectivity index (χ2n) is 8.38. The summed E-state index contributed by atoms with van der Waals surface area (Å²) in [6.07, 6.45) is 9.40. The molecule has 1 aliphatic carbocycles. The van der Waals surface area contributed by atoms with Crippen LogP contribution in [0.25, 0.3) is 11.1 Å². The number of pyridine rings is 1. The first-order valence-corrected chi connectivity index (χ1v) is 9.98. The molecular formula is C23H28N2O2. The Kier molecular flexibility index (Phi) is 5.00. The third-order valence-corrected chi connectivity index (χ3v) is 6.30. The smallest absolute Gasteiger partial charge is 0.227 e. The molecule has 1 aromatic carbocycles. The molecule has 2 aliphatic rings. The SMILES string of the molecule is CC1(NC(=O)C2(Cc3ccc(-c4cccnc4)cc3)CCOCC2)CCC1. The average Bonchev–Trinajstić information content (AvgIpc) is 2.69. The Bertz CT molecular complexity index is 776. The zero-order chi connectivity index (χ0) is 18.7. The van der Waals surface area contributed by atoms with E-state index in [2.05, 4.69) is 47.6 Å². The number of rotatable bonds is 5. The van der Waals surface area contributed by atoms with Gasteiger partial charge in [-0.25, -0.2) is 0 Å². The molecule has 1 amide bonds. The van der Waals surface area contributed by atoms with Gasteiger partial charge in [0.1, 0.15) is 0 Å². The van der Waals surface area contributed by atoms with Crippen molar-refractivity contribution in [1.29, 1.82) is 0 Å². The van der Waals surface area contributed by atoms with Crippen LogP contribution in [0.5, 0.6) is 0 Å². The van der Waals surface area contributed by atoms with Crippen molar-refractivity contribution in [3.05, 3.63) is 54.4 Å². The molecule has 1 saturated carbocycles. The highest BCUT2D eigenvalue weighted by Gasteiger charge is 2.44. The molecule has 2 aromatic rings. The largest absolute Gasteiger partial charge is 0.381 e. The summed E-state index contributed by atoms with van der Waals surface area (Å²) < 4.78 is 5.57. The van der Waals surface area contributed by atoms with Crippen LogP contribution in [0.1, 0.15) is 44.6 Å². The van der Waals surface area contributed by atoms with Crippen LogP contribution in [0.2, 0.25) is 0 Å². The van der Waals surface area contributed by atoms with Crippen molar-refractivity contribution in [2.45, 2.75) is 51.0 Å². The number of hydrogen-bond donors (Lipinski definition) is 1. The lowest BCUT2D eigenvalue weighted by molar-refractivity contribution is -0.139. The van der Waals surface area contributed by atoms with Crippen LogP contribution in [-0.2, 0) is 16.0 Å². The fraction of sp³-hybridized carbons (Fsp3) is 0.478. The third-order valence-electron chi connectivity index (χ3n) is 6.30. The molecule has 2 fully saturated rings. The molecule has 0 spiro atoms. The summed E-state index contributed by atoms with van der Waals surface area (Å²) in [5.74, 6) is 0.212. The quantitative estimate of drug-likeness (QED) is 0.867. The molecule has 1 N–H and O–H groups in total. The highest BCUT2D eigenvalue weighted by atomic mass is 16.5. The van der Waals surface area contributed by atoms with Gasteiger partial charge in [-0.05, 0) is 68.2 Å². The predicted molar refractivity (Wildman–Crippen MR) is 106 cm³/mol. The van der Waals surface area contributed by atoms with E-state index < -0.39 is 0 Å². The van der Waals surface area contributed by atoms with Gasteiger partial charge in [-0.3, -0.25) is 9.78 Å². The lowest BCUT2D eigenvalue weighted by Gasteiger charge is -2.44. The zero-order valence-corrected chi connectivity index (χ0v) is 16.0. The van der Waals surface area contributed by atoms with Gasteiger partial charge in [0, 0.05) is 31.1 Å². The Labute approximate surface area is 161 Å². The first-order chi connectivity index (χ1) is 13.1. The first-order valence-electron chi connectivity index (χ1n) is 9.98. The van der Waals surface area contributed by atoms with Crippen molar-refractivity contribution in [2.75, 3.05) is 13.2 Å². The van der Waals surface area contributed by atoms with E-state index in [1.54, 1.807) is 6.20 Å². The number of hydrogen-bond acceptors (Lipinski definition) is 3. The number of benzene rings is 1. The van der Waals surface area contributed by atoms with Crippen molar-refractivity contribution >= 4 is 5.91 Å². The maximum absolute atomic E-state index is 13.2. The van der Waals surface area contributed by atoms with Crippen molar-refractivity contribution < 1.29 is 9.53 Å². The Morgan fingerprint density at radius 2 is 1.81 bits per heavy atom. The van der Waals surface area contributed by atoms with Crippen LogP contribution >= 0.6 is 0 Å². The second kappa shape index (κ2) is 7.43. The molecule has 1 aliphatic heterocycles. The number of ether oxygens (including phenoxy) is 1. The van der Waals surface area contributed by atoms with E-state index in [1.807, 2.05) is 12.3 Å². The van der Waals surface area contributed by atoms with Crippen LogP contribution in [0.3, 0.4) is 0 Å². The number of aromatic nitrogens is 1. The van der Waals surface area contributed by atoms with E-state index in [-0.39, 0.29) is 16.9 Å². The van der Waals surface area contributed by atoms with Gasteiger partial charge in [0.15, 0.2) is 0 Å². The monoisotopic (exact) mass is 364 g/mol. The number of carbonyl (C=O) groups excluding carboxylic acids is 1. The van der Waals surface area contributed by atoms with E-state index in [4.69, 9.17) is 4.74 Å². The minimum atomic E-state index is -0.354. The molecule has 0 radical (unpaired) electrons. The van der Waals surface area contributed by atoms with Gasteiger partial charge in [-0.15, -0.1) is 0 Å². The summed E-state index contributed by atoms with van der Waals surface area (Å²) in [5.41, 5.74) is 3.11. The Balaban J connectivity index is 1.52. The predicted octanol–water partition coefficient (Wildman–Crippen LogP) is 4.15. The number of amides is 1. The van der Waals surface area contributed by atoms with E-state index in [1.165, 1.54) is 12.0 Å². The molecule has 4 nitrogen and oxygen atoms in total. The summed E-state index contributed by atoms with van der Waals surface area (Å²) in [5, 5.41) is 3.36. The van der Waals surface area contributed by atoms with Gasteiger partial charge in [0.2, 0.25) is 5.91 Å². The molecule has 142 valence electrons. The van der Waals surface area contributed by atoms with Crippen molar-refractivity contribution in [3.63, 3.8) is 0 Å². The molecule has 2 heterocycles. The summed E-state index contributed by atoms with van der Waals surface area (Å²) in [6, 6.07) is 12.6. The fourth-order valence-electron chi connectivity index (χ4n) is 4.22. The van der Waals surface area contributed by atoms with Gasteiger partial charge in [-0.2, -0.15) is 0 Å². The van der Waals surface area contributed by atoms with Gasteiger partial charge in [0.05, 0.1) is 5.41 Å². The lowest BCUT2D eigenvalue weighted by Crippen LogP contribution is -2.57. The summed E-state index contributed by atoms with van der Waals surface area (Å²) >= 11 is 0. The highest BCUT2D eigenvalue weighted by Crippen LogP contribution is 2.38. The van der Waals surface area contributed by atoms with Gasteiger partial charge in [-0.1, -0.05) is 30.3 Å². The average molecular weight is 364 g/mol. The standard InChI is InChI=1S/C23H28N2O2/c1-22(9-3-10-22)25-21(26)23(11-14-27-15-12-23)16-18-5-7-19(8-6-18)20-4-2-13-24-17-20/h2,4-8,13,17H,3,9-12,14-16H2,1H3,(H,25,26). The van der Waals surface area contributed by atoms with E-state index in [0.29, 0.717) is 13.2 Å². The van der Waals surface area contributed by atoms with Crippen molar-refractivity contribution in [3.8, 4) is 11.1 Å². The van der Waals surface area contributed by atoms with E-state index >= 15 is 0 Å². The maximum atomic E-state index is 13.2. The van der Waals surface area contributed by atoms with Gasteiger partial charge in [0.25, 0.3) is 0 Å². The van der Waals surface area contributed by atoms with E-state index in [9.17, 15) is 4.79 Å². The molecule has 4 heteroatoms. The molecule has 27 heavy (non-hydrogen) atoms. The summed E-state index contributed by atoms with van der Waals surface area (Å²) in [7, 11) is 0. The van der Waals surface area contributed by atoms with Crippen LogP contribution in [-0.4, -0.2) is 29.6 Å². The van der Waals surface area contributed by atoms with E-state index in [0.717, 1.165) is 43.2 Å². The van der Waals surface area contributed by atoms with Crippen LogP contribution in [0.15, 0.2) is 48.8 Å². The Morgan fingerprint density at radius 1 is 1.07 bits per heavy atom. The molecule has 0 unspecified atom stereocenters. The van der Waals surface area contributed by atoms with Crippen LogP contribution in [0, 0.1) is 5.41 Å². The minimum Gasteiger partial charge on any atom is -0.381 e. The number of nitrogens with one attached hydrogen (secondary N) is 1. The molecule has 0 bridgehead atoms. The van der Waals surface area contributed by atoms with Crippen molar-refractivity contribution in [1.82, 2.24) is 10.3 Å². The number of carbonyl (C=O) groups is 1. The van der Waals surface area contributed by atoms with Gasteiger partial charge < -0.3 is 10.1 Å². The number of nitrogens with zero attached hydrogens (tertiary/aromatic N) is 1. The normalized spacial score (nSPS) is 20.5. The first kappa shape index (κ1) is 18.2. The minimum absolute atomic E-state index is 0.00739. The maximum Gasteiger partial charge on any atom is 0.227 e. The second-order valence-corrected chi connectivity index (χ2v) is 8.38. The van der Waals surface area contributed by atoms with Crippen molar-refractivity contribution in [2.24, 2.45) is 5.41 Å². The van der Waals surface area contributed by atoms with Crippen LogP contribution < -0.4 is 5.32 Å². The topological polar surface area (TPSA) is 51.2 Å². The highest BCUT2D eigenvalue weighted by molar-refractivity contribution is 5.84.